The molecule has 0 spiro atoms. The van der Waals surface area contributed by atoms with E-state index < -0.39 is 0 Å². The largest absolute Gasteiger partial charge is 0.469 e. The zero-order chi connectivity index (χ0) is 9.97. The molecule has 0 saturated heterocycles. The first-order valence-electron chi connectivity index (χ1n) is 5.25. The second kappa shape index (κ2) is 4.01. The number of rotatable bonds is 3. The molecule has 1 heterocycles. The van der Waals surface area contributed by atoms with Crippen LogP contribution in [0.3, 0.4) is 0 Å². The number of nitrogens with two attached hydrogens (primary N) is 1. The molecule has 0 fully saturated rings. The van der Waals surface area contributed by atoms with E-state index in [1.807, 2.05) is 13.0 Å². The third-order valence-electron chi connectivity index (χ3n) is 2.92. The Morgan fingerprint density at radius 3 is 3.00 bits per heavy atom. The van der Waals surface area contributed by atoms with Crippen LogP contribution in [0.1, 0.15) is 43.0 Å². The molecule has 1 aromatic rings. The predicted molar refractivity (Wildman–Crippen MR) is 56.9 cm³/mol. The molecule has 1 unspecified atom stereocenters. The zero-order valence-electron chi connectivity index (χ0n) is 8.62. The molecule has 1 atom stereocenters. The average molecular weight is 191 g/mol. The van der Waals surface area contributed by atoms with Crippen LogP contribution in [-0.4, -0.2) is 0 Å². The van der Waals surface area contributed by atoms with Crippen molar-refractivity contribution < 1.29 is 4.42 Å². The van der Waals surface area contributed by atoms with Gasteiger partial charge in [-0.05, 0) is 38.7 Å². The van der Waals surface area contributed by atoms with Gasteiger partial charge in [-0.2, -0.15) is 0 Å². The lowest BCUT2D eigenvalue weighted by Gasteiger charge is -2.11. The van der Waals surface area contributed by atoms with Gasteiger partial charge >= 0.3 is 0 Å². The molecule has 1 aliphatic carbocycles. The second-order valence-corrected chi connectivity index (χ2v) is 4.00. The van der Waals surface area contributed by atoms with Gasteiger partial charge in [-0.15, -0.1) is 0 Å². The number of aryl methyl sites for hydroxylation is 1. The Bertz CT molecular complexity index is 338. The molecule has 2 N–H and O–H groups in total. The highest BCUT2D eigenvalue weighted by Gasteiger charge is 2.14. The Hall–Kier alpha value is -1.02. The molecule has 0 bridgehead atoms. The first-order chi connectivity index (χ1) is 6.77. The fourth-order valence-corrected chi connectivity index (χ4v) is 2.09. The lowest BCUT2D eigenvalue weighted by Crippen LogP contribution is -2.11. The van der Waals surface area contributed by atoms with E-state index in [9.17, 15) is 0 Å². The van der Waals surface area contributed by atoms with E-state index in [1.54, 1.807) is 6.26 Å². The van der Waals surface area contributed by atoms with Crippen molar-refractivity contribution in [2.75, 3.05) is 0 Å². The number of hydrogen-bond acceptors (Lipinski definition) is 2. The molecule has 2 heteroatoms. The second-order valence-electron chi connectivity index (χ2n) is 4.00. The summed E-state index contributed by atoms with van der Waals surface area (Å²) in [6, 6.07) is 2.09. The summed E-state index contributed by atoms with van der Waals surface area (Å²) in [4.78, 5) is 0. The van der Waals surface area contributed by atoms with E-state index in [4.69, 9.17) is 10.2 Å². The topological polar surface area (TPSA) is 39.2 Å². The first kappa shape index (κ1) is 9.53. The summed E-state index contributed by atoms with van der Waals surface area (Å²) >= 11 is 0. The standard InChI is InChI=1S/C12H17NO/c1-9-11(6-7-14-9)12(13)8-10-4-2-3-5-10/h4,6-7,12H,2-3,5,8,13H2,1H3. The van der Waals surface area contributed by atoms with Crippen molar-refractivity contribution in [3.05, 3.63) is 35.3 Å². The third kappa shape index (κ3) is 1.90. The summed E-state index contributed by atoms with van der Waals surface area (Å²) in [6.07, 6.45) is 8.78. The minimum atomic E-state index is 0.109. The van der Waals surface area contributed by atoms with Gasteiger partial charge in [0, 0.05) is 11.6 Å². The molecule has 0 amide bonds. The average Bonchev–Trinajstić information content (AvgIpc) is 2.75. The lowest BCUT2D eigenvalue weighted by molar-refractivity contribution is 0.523. The predicted octanol–water partition coefficient (Wildman–Crippen LogP) is 3.09. The Morgan fingerprint density at radius 2 is 2.43 bits per heavy atom. The monoisotopic (exact) mass is 191 g/mol. The Balaban J connectivity index is 2.02. The van der Waals surface area contributed by atoms with Crippen LogP contribution >= 0.6 is 0 Å². The van der Waals surface area contributed by atoms with Crippen LogP contribution in [0.15, 0.2) is 28.4 Å². The van der Waals surface area contributed by atoms with Crippen LogP contribution in [0.5, 0.6) is 0 Å². The fourth-order valence-electron chi connectivity index (χ4n) is 2.09. The minimum Gasteiger partial charge on any atom is -0.469 e. The molecule has 14 heavy (non-hydrogen) atoms. The summed E-state index contributed by atoms with van der Waals surface area (Å²) in [5.41, 5.74) is 8.78. The van der Waals surface area contributed by atoms with Gasteiger partial charge in [-0.3, -0.25) is 0 Å². The fraction of sp³-hybridized carbons (Fsp3) is 0.500. The van der Waals surface area contributed by atoms with E-state index in [2.05, 4.69) is 6.08 Å². The van der Waals surface area contributed by atoms with Crippen molar-refractivity contribution in [1.29, 1.82) is 0 Å². The van der Waals surface area contributed by atoms with Gasteiger partial charge in [0.2, 0.25) is 0 Å². The number of hydrogen-bond donors (Lipinski definition) is 1. The Kier molecular flexibility index (Phi) is 2.73. The van der Waals surface area contributed by atoms with E-state index in [1.165, 1.54) is 24.8 Å². The van der Waals surface area contributed by atoms with E-state index in [0.29, 0.717) is 0 Å². The highest BCUT2D eigenvalue weighted by atomic mass is 16.3. The molecule has 1 aromatic heterocycles. The summed E-state index contributed by atoms with van der Waals surface area (Å²) in [5, 5.41) is 0. The molecular formula is C12H17NO. The Morgan fingerprint density at radius 1 is 1.57 bits per heavy atom. The lowest BCUT2D eigenvalue weighted by atomic mass is 10.00. The van der Waals surface area contributed by atoms with Crippen molar-refractivity contribution in [3.63, 3.8) is 0 Å². The van der Waals surface area contributed by atoms with Crippen molar-refractivity contribution in [3.8, 4) is 0 Å². The van der Waals surface area contributed by atoms with Crippen molar-refractivity contribution in [1.82, 2.24) is 0 Å². The maximum Gasteiger partial charge on any atom is 0.105 e. The zero-order valence-corrected chi connectivity index (χ0v) is 8.62. The van der Waals surface area contributed by atoms with Gasteiger partial charge < -0.3 is 10.2 Å². The van der Waals surface area contributed by atoms with E-state index in [-0.39, 0.29) is 6.04 Å². The van der Waals surface area contributed by atoms with Crippen molar-refractivity contribution >= 4 is 0 Å². The van der Waals surface area contributed by atoms with E-state index >= 15 is 0 Å². The van der Waals surface area contributed by atoms with Crippen LogP contribution in [0, 0.1) is 6.92 Å². The normalized spacial score (nSPS) is 18.3. The summed E-state index contributed by atoms with van der Waals surface area (Å²) in [7, 11) is 0. The first-order valence-corrected chi connectivity index (χ1v) is 5.25. The molecule has 0 radical (unpaired) electrons. The van der Waals surface area contributed by atoms with Crippen LogP contribution in [0.2, 0.25) is 0 Å². The highest BCUT2D eigenvalue weighted by molar-refractivity contribution is 5.22. The molecular weight excluding hydrogens is 174 g/mol. The van der Waals surface area contributed by atoms with Gasteiger partial charge in [0.05, 0.1) is 6.26 Å². The van der Waals surface area contributed by atoms with Crippen molar-refractivity contribution in [2.24, 2.45) is 5.73 Å². The maximum absolute atomic E-state index is 6.12. The Labute approximate surface area is 84.8 Å². The minimum absolute atomic E-state index is 0.109. The third-order valence-corrected chi connectivity index (χ3v) is 2.92. The van der Waals surface area contributed by atoms with Gasteiger partial charge in [0.1, 0.15) is 5.76 Å². The molecule has 2 nitrogen and oxygen atoms in total. The van der Waals surface area contributed by atoms with Gasteiger partial charge in [0.25, 0.3) is 0 Å². The van der Waals surface area contributed by atoms with Gasteiger partial charge in [-0.1, -0.05) is 11.6 Å². The summed E-state index contributed by atoms with van der Waals surface area (Å²) in [6.45, 7) is 1.97. The number of furan rings is 1. The highest BCUT2D eigenvalue weighted by Crippen LogP contribution is 2.28. The molecule has 76 valence electrons. The summed E-state index contributed by atoms with van der Waals surface area (Å²) in [5.74, 6) is 0.955. The molecule has 0 aliphatic heterocycles. The summed E-state index contributed by atoms with van der Waals surface area (Å²) < 4.78 is 5.25. The molecule has 0 aromatic carbocycles. The van der Waals surface area contributed by atoms with Gasteiger partial charge in [-0.25, -0.2) is 0 Å². The molecule has 0 saturated carbocycles. The van der Waals surface area contributed by atoms with Crippen LogP contribution < -0.4 is 5.73 Å². The smallest absolute Gasteiger partial charge is 0.105 e. The molecule has 1 aliphatic rings. The van der Waals surface area contributed by atoms with Gasteiger partial charge in [0.15, 0.2) is 0 Å². The number of allylic oxidation sites excluding steroid dienone is 1. The SMILES string of the molecule is Cc1occc1C(N)CC1=CCCC1. The van der Waals surface area contributed by atoms with Crippen LogP contribution in [0.4, 0.5) is 0 Å². The van der Waals surface area contributed by atoms with Crippen LogP contribution in [0.25, 0.3) is 0 Å². The quantitative estimate of drug-likeness (QED) is 0.746. The van der Waals surface area contributed by atoms with Crippen LogP contribution in [-0.2, 0) is 0 Å². The van der Waals surface area contributed by atoms with E-state index in [0.717, 1.165) is 17.7 Å². The molecule has 2 rings (SSSR count). The maximum atomic E-state index is 6.12. The van der Waals surface area contributed by atoms with Crippen molar-refractivity contribution in [2.45, 2.75) is 38.6 Å².